The van der Waals surface area contributed by atoms with Gasteiger partial charge in [0.25, 0.3) is 0 Å². The number of nitrogens with one attached hydrogen (secondary N) is 2. The first-order valence-electron chi connectivity index (χ1n) is 7.45. The number of ether oxygens (including phenoxy) is 2. The van der Waals surface area contributed by atoms with Crippen LogP contribution >= 0.6 is 0 Å². The van der Waals surface area contributed by atoms with E-state index in [0.29, 0.717) is 6.42 Å². The van der Waals surface area contributed by atoms with Crippen molar-refractivity contribution in [2.45, 2.75) is 38.8 Å². The highest BCUT2D eigenvalue weighted by atomic mass is 16.6. The standard InChI is InChI=1S/C16H21N3O5/c1-16(2,3)23-14(20)17-12(13-18-15(21)24-19-13)9-10-5-7-11(22-4)8-6-10/h5-8,12H,9H2,1-4H3,(H,17,20)(H,18,19,21). The van der Waals surface area contributed by atoms with Crippen LogP contribution in [0.15, 0.2) is 33.6 Å². The third kappa shape index (κ3) is 5.15. The summed E-state index contributed by atoms with van der Waals surface area (Å²) >= 11 is 0. The summed E-state index contributed by atoms with van der Waals surface area (Å²) in [5, 5.41) is 6.35. The lowest BCUT2D eigenvalue weighted by molar-refractivity contribution is 0.0500. The van der Waals surface area contributed by atoms with E-state index in [2.05, 4.69) is 20.0 Å². The summed E-state index contributed by atoms with van der Waals surface area (Å²) in [5.41, 5.74) is 0.284. The lowest BCUT2D eigenvalue weighted by Gasteiger charge is -2.22. The van der Waals surface area contributed by atoms with Gasteiger partial charge in [0.1, 0.15) is 11.4 Å². The van der Waals surface area contributed by atoms with Gasteiger partial charge in [-0.05, 0) is 38.5 Å². The van der Waals surface area contributed by atoms with E-state index in [9.17, 15) is 9.59 Å². The van der Waals surface area contributed by atoms with E-state index in [1.54, 1.807) is 27.9 Å². The highest BCUT2D eigenvalue weighted by Crippen LogP contribution is 2.18. The number of methoxy groups -OCH3 is 1. The predicted molar refractivity (Wildman–Crippen MR) is 85.9 cm³/mol. The number of carbonyl (C=O) groups excluding carboxylic acids is 1. The summed E-state index contributed by atoms with van der Waals surface area (Å²) < 4.78 is 14.9. The van der Waals surface area contributed by atoms with Crippen molar-refractivity contribution in [3.8, 4) is 5.75 Å². The number of amides is 1. The lowest BCUT2D eigenvalue weighted by Crippen LogP contribution is -2.36. The third-order valence-electron chi connectivity index (χ3n) is 3.08. The van der Waals surface area contributed by atoms with Crippen LogP contribution in [-0.2, 0) is 11.2 Å². The summed E-state index contributed by atoms with van der Waals surface area (Å²) in [6, 6.07) is 6.75. The van der Waals surface area contributed by atoms with E-state index in [1.165, 1.54) is 0 Å². The van der Waals surface area contributed by atoms with Gasteiger partial charge >= 0.3 is 11.8 Å². The molecule has 2 aromatic rings. The van der Waals surface area contributed by atoms with Crippen LogP contribution in [0.4, 0.5) is 4.79 Å². The predicted octanol–water partition coefficient (Wildman–Crippen LogP) is 2.18. The maximum atomic E-state index is 12.0. The van der Waals surface area contributed by atoms with Gasteiger partial charge in [-0.25, -0.2) is 9.59 Å². The van der Waals surface area contributed by atoms with Gasteiger partial charge in [0, 0.05) is 6.42 Å². The van der Waals surface area contributed by atoms with Crippen LogP contribution in [0, 0.1) is 0 Å². The number of nitrogens with zero attached hydrogens (tertiary/aromatic N) is 1. The molecule has 130 valence electrons. The first kappa shape index (κ1) is 17.6. The maximum Gasteiger partial charge on any atom is 0.438 e. The van der Waals surface area contributed by atoms with Crippen molar-refractivity contribution in [3.63, 3.8) is 0 Å². The van der Waals surface area contributed by atoms with E-state index in [4.69, 9.17) is 9.47 Å². The lowest BCUT2D eigenvalue weighted by atomic mass is 10.1. The second-order valence-electron chi connectivity index (χ2n) is 6.23. The fourth-order valence-corrected chi connectivity index (χ4v) is 2.05. The fraction of sp³-hybridized carbons (Fsp3) is 0.438. The zero-order valence-electron chi connectivity index (χ0n) is 14.1. The minimum Gasteiger partial charge on any atom is -0.497 e. The van der Waals surface area contributed by atoms with E-state index in [0.717, 1.165) is 11.3 Å². The Morgan fingerprint density at radius 3 is 2.50 bits per heavy atom. The Kier molecular flexibility index (Phi) is 5.28. The van der Waals surface area contributed by atoms with Crippen molar-refractivity contribution in [3.05, 3.63) is 46.2 Å². The number of alkyl carbamates (subject to hydrolysis) is 1. The summed E-state index contributed by atoms with van der Waals surface area (Å²) in [4.78, 5) is 25.7. The minimum absolute atomic E-state index is 0.224. The average molecular weight is 335 g/mol. The fourth-order valence-electron chi connectivity index (χ4n) is 2.05. The van der Waals surface area contributed by atoms with Crippen LogP contribution in [-0.4, -0.2) is 28.9 Å². The molecule has 0 radical (unpaired) electrons. The number of aromatic amines is 1. The summed E-state index contributed by atoms with van der Waals surface area (Å²) in [6.07, 6.45) is -0.212. The van der Waals surface area contributed by atoms with Crippen molar-refractivity contribution in [1.82, 2.24) is 15.5 Å². The molecular formula is C16H21N3O5. The monoisotopic (exact) mass is 335 g/mol. The molecule has 0 saturated carbocycles. The topological polar surface area (TPSA) is 106 Å². The number of hydrogen-bond acceptors (Lipinski definition) is 6. The van der Waals surface area contributed by atoms with Gasteiger partial charge in [-0.1, -0.05) is 17.3 Å². The van der Waals surface area contributed by atoms with Gasteiger partial charge in [-0.15, -0.1) is 0 Å². The third-order valence-corrected chi connectivity index (χ3v) is 3.08. The quantitative estimate of drug-likeness (QED) is 0.867. The number of carbonyl (C=O) groups is 1. The molecular weight excluding hydrogens is 314 g/mol. The molecule has 0 aliphatic heterocycles. The molecule has 1 atom stereocenters. The molecule has 8 heteroatoms. The molecule has 24 heavy (non-hydrogen) atoms. The highest BCUT2D eigenvalue weighted by Gasteiger charge is 2.23. The van der Waals surface area contributed by atoms with E-state index >= 15 is 0 Å². The second kappa shape index (κ2) is 7.20. The van der Waals surface area contributed by atoms with Gasteiger partial charge < -0.3 is 14.8 Å². The SMILES string of the molecule is COc1ccc(CC(NC(=O)OC(C)(C)C)c2noc(=O)[nH]2)cc1. The Morgan fingerprint density at radius 1 is 1.33 bits per heavy atom. The van der Waals surface area contributed by atoms with Crippen LogP contribution in [0.1, 0.15) is 38.2 Å². The molecule has 8 nitrogen and oxygen atoms in total. The Morgan fingerprint density at radius 2 is 2.00 bits per heavy atom. The first-order valence-corrected chi connectivity index (χ1v) is 7.45. The molecule has 1 aromatic carbocycles. The van der Waals surface area contributed by atoms with E-state index in [1.807, 2.05) is 24.3 Å². The number of H-pyrrole nitrogens is 1. The van der Waals surface area contributed by atoms with Gasteiger partial charge in [0.05, 0.1) is 13.2 Å². The molecule has 0 spiro atoms. The molecule has 1 unspecified atom stereocenters. The molecule has 0 saturated heterocycles. The van der Waals surface area contributed by atoms with Gasteiger partial charge in [-0.3, -0.25) is 9.51 Å². The van der Waals surface area contributed by atoms with Gasteiger partial charge in [-0.2, -0.15) is 0 Å². The normalized spacial score (nSPS) is 12.5. The molecule has 0 aliphatic carbocycles. The van der Waals surface area contributed by atoms with Gasteiger partial charge in [0.2, 0.25) is 0 Å². The van der Waals surface area contributed by atoms with Crippen molar-refractivity contribution in [1.29, 1.82) is 0 Å². The largest absolute Gasteiger partial charge is 0.497 e. The minimum atomic E-state index is -0.685. The highest BCUT2D eigenvalue weighted by molar-refractivity contribution is 5.68. The Labute approximate surface area is 139 Å². The zero-order valence-corrected chi connectivity index (χ0v) is 14.1. The molecule has 1 amide bonds. The molecule has 1 heterocycles. The Bertz CT molecular complexity index is 727. The number of rotatable bonds is 5. The molecule has 2 N–H and O–H groups in total. The average Bonchev–Trinajstić information content (AvgIpc) is 2.92. The smallest absolute Gasteiger partial charge is 0.438 e. The molecule has 0 bridgehead atoms. The van der Waals surface area contributed by atoms with Crippen LogP contribution in [0.2, 0.25) is 0 Å². The summed E-state index contributed by atoms with van der Waals surface area (Å²) in [7, 11) is 1.59. The van der Waals surface area contributed by atoms with Crippen LogP contribution in [0.25, 0.3) is 0 Å². The number of aromatic nitrogens is 2. The molecule has 2 rings (SSSR count). The van der Waals surface area contributed by atoms with Crippen molar-refractivity contribution in [2.75, 3.05) is 7.11 Å². The van der Waals surface area contributed by atoms with Crippen molar-refractivity contribution in [2.24, 2.45) is 0 Å². The van der Waals surface area contributed by atoms with Crippen LogP contribution in [0.3, 0.4) is 0 Å². The zero-order chi connectivity index (χ0) is 17.7. The van der Waals surface area contributed by atoms with Crippen LogP contribution in [0.5, 0.6) is 5.75 Å². The summed E-state index contributed by atoms with van der Waals surface area (Å²) in [5.74, 6) is 0.266. The summed E-state index contributed by atoms with van der Waals surface area (Å²) in [6.45, 7) is 5.30. The van der Waals surface area contributed by atoms with Crippen molar-refractivity contribution >= 4 is 6.09 Å². The number of hydrogen-bond donors (Lipinski definition) is 2. The van der Waals surface area contributed by atoms with Crippen LogP contribution < -0.4 is 15.8 Å². The molecule has 0 aliphatic rings. The number of benzene rings is 1. The Balaban J connectivity index is 2.16. The molecule has 0 fully saturated rings. The van der Waals surface area contributed by atoms with E-state index in [-0.39, 0.29) is 5.82 Å². The second-order valence-corrected chi connectivity index (χ2v) is 6.23. The Hall–Kier alpha value is -2.77. The molecule has 1 aromatic heterocycles. The first-order chi connectivity index (χ1) is 11.3. The van der Waals surface area contributed by atoms with Gasteiger partial charge in [0.15, 0.2) is 5.82 Å². The van der Waals surface area contributed by atoms with E-state index < -0.39 is 23.5 Å². The maximum absolute atomic E-state index is 12.0. The van der Waals surface area contributed by atoms with Crippen molar-refractivity contribution < 1.29 is 18.8 Å².